The first-order valence-corrected chi connectivity index (χ1v) is 7.14. The number of nitrogens with zero attached hydrogens (tertiary/aromatic N) is 1. The summed E-state index contributed by atoms with van der Waals surface area (Å²) in [4.78, 5) is 15.3. The molecule has 4 nitrogen and oxygen atoms in total. The third kappa shape index (κ3) is 3.80. The van der Waals surface area contributed by atoms with Gasteiger partial charge in [0, 0.05) is 23.5 Å². The number of hydrogen-bond acceptors (Lipinski definition) is 4. The van der Waals surface area contributed by atoms with Crippen LogP contribution < -0.4 is 11.3 Å². The molecule has 0 aliphatic rings. The third-order valence-corrected chi connectivity index (χ3v) is 4.25. The first kappa shape index (κ1) is 15.1. The first-order valence-electron chi connectivity index (χ1n) is 6.26. The average molecular weight is 269 g/mol. The summed E-state index contributed by atoms with van der Waals surface area (Å²) >= 11 is 1.75. The van der Waals surface area contributed by atoms with Gasteiger partial charge in [0.25, 0.3) is 0 Å². The molecule has 3 N–H and O–H groups in total. The van der Waals surface area contributed by atoms with Crippen LogP contribution in [0.25, 0.3) is 0 Å². The molecule has 0 radical (unpaired) electrons. The molecule has 1 rings (SSSR count). The Hall–Kier alpha value is -0.910. The average Bonchev–Trinajstić information content (AvgIpc) is 2.85. The predicted octanol–water partition coefficient (Wildman–Crippen LogP) is 1.97. The van der Waals surface area contributed by atoms with E-state index in [0.717, 1.165) is 6.54 Å². The van der Waals surface area contributed by atoms with Gasteiger partial charge in [-0.3, -0.25) is 15.1 Å². The molecule has 0 aliphatic carbocycles. The van der Waals surface area contributed by atoms with Gasteiger partial charge in [0.05, 0.1) is 5.92 Å². The maximum Gasteiger partial charge on any atom is 0.238 e. The van der Waals surface area contributed by atoms with E-state index in [-0.39, 0.29) is 17.9 Å². The smallest absolute Gasteiger partial charge is 0.238 e. The number of rotatable bonds is 6. The maximum atomic E-state index is 11.6. The Morgan fingerprint density at radius 1 is 1.44 bits per heavy atom. The van der Waals surface area contributed by atoms with Gasteiger partial charge in [-0.1, -0.05) is 13.0 Å². The Kier molecular flexibility index (Phi) is 5.78. The Bertz CT molecular complexity index is 364. The summed E-state index contributed by atoms with van der Waals surface area (Å²) in [5.74, 6) is 4.97. The zero-order valence-corrected chi connectivity index (χ0v) is 12.3. The quantitative estimate of drug-likeness (QED) is 0.471. The lowest BCUT2D eigenvalue weighted by Crippen LogP contribution is -2.47. The highest BCUT2D eigenvalue weighted by atomic mass is 32.1. The topological polar surface area (TPSA) is 58.4 Å². The van der Waals surface area contributed by atoms with Crippen molar-refractivity contribution in [3.8, 4) is 0 Å². The number of nitrogens with two attached hydrogens (primary N) is 1. The fourth-order valence-electron chi connectivity index (χ4n) is 2.02. The summed E-state index contributed by atoms with van der Waals surface area (Å²) < 4.78 is 0. The van der Waals surface area contributed by atoms with E-state index in [1.54, 1.807) is 11.3 Å². The van der Waals surface area contributed by atoms with E-state index in [2.05, 4.69) is 48.6 Å². The van der Waals surface area contributed by atoms with Crippen LogP contribution in [-0.4, -0.2) is 22.9 Å². The van der Waals surface area contributed by atoms with E-state index in [9.17, 15) is 4.79 Å². The van der Waals surface area contributed by atoms with Crippen molar-refractivity contribution in [2.45, 2.75) is 46.3 Å². The molecule has 2 atom stereocenters. The molecule has 0 aliphatic heterocycles. The molecule has 18 heavy (non-hydrogen) atoms. The minimum atomic E-state index is -0.127. The SMILES string of the molecule is CC(C(=O)NN)C(C)N(Cc1cccs1)C(C)C. The monoisotopic (exact) mass is 269 g/mol. The van der Waals surface area contributed by atoms with Crippen LogP contribution in [0.5, 0.6) is 0 Å². The molecule has 0 spiro atoms. The lowest BCUT2D eigenvalue weighted by Gasteiger charge is -2.35. The molecule has 0 fully saturated rings. The minimum Gasteiger partial charge on any atom is -0.294 e. The van der Waals surface area contributed by atoms with Gasteiger partial charge < -0.3 is 0 Å². The number of hydrogen-bond donors (Lipinski definition) is 2. The van der Waals surface area contributed by atoms with Crippen LogP contribution in [0.1, 0.15) is 32.6 Å². The van der Waals surface area contributed by atoms with E-state index in [0.29, 0.717) is 6.04 Å². The zero-order chi connectivity index (χ0) is 13.7. The third-order valence-electron chi connectivity index (χ3n) is 3.38. The second-order valence-corrected chi connectivity index (χ2v) is 5.92. The molecule has 1 amide bonds. The Morgan fingerprint density at radius 2 is 2.11 bits per heavy atom. The Morgan fingerprint density at radius 3 is 2.56 bits per heavy atom. The summed E-state index contributed by atoms with van der Waals surface area (Å²) in [7, 11) is 0. The van der Waals surface area contributed by atoms with E-state index < -0.39 is 0 Å². The molecule has 5 heteroatoms. The van der Waals surface area contributed by atoms with Crippen molar-refractivity contribution < 1.29 is 4.79 Å². The van der Waals surface area contributed by atoms with E-state index in [4.69, 9.17) is 5.84 Å². The Balaban J connectivity index is 2.75. The molecule has 1 aromatic rings. The number of carbonyl (C=O) groups is 1. The van der Waals surface area contributed by atoms with E-state index >= 15 is 0 Å². The minimum absolute atomic E-state index is 0.112. The van der Waals surface area contributed by atoms with Gasteiger partial charge in [-0.25, -0.2) is 5.84 Å². The van der Waals surface area contributed by atoms with E-state index in [1.165, 1.54) is 4.88 Å². The molecule has 1 aromatic heterocycles. The van der Waals surface area contributed by atoms with Crippen LogP contribution in [0.15, 0.2) is 17.5 Å². The van der Waals surface area contributed by atoms with Gasteiger partial charge in [-0.2, -0.15) is 0 Å². The van der Waals surface area contributed by atoms with Crippen LogP contribution in [0.3, 0.4) is 0 Å². The first-order chi connectivity index (χ1) is 8.47. The second-order valence-electron chi connectivity index (χ2n) is 4.88. The van der Waals surface area contributed by atoms with Crippen LogP contribution >= 0.6 is 11.3 Å². The van der Waals surface area contributed by atoms with E-state index in [1.807, 2.05) is 6.92 Å². The molecular weight excluding hydrogens is 246 g/mol. The van der Waals surface area contributed by atoms with Crippen molar-refractivity contribution in [1.29, 1.82) is 0 Å². The number of carbonyl (C=O) groups excluding carboxylic acids is 1. The second kappa shape index (κ2) is 6.87. The van der Waals surface area contributed by atoms with Crippen molar-refractivity contribution in [3.05, 3.63) is 22.4 Å². The number of hydrazine groups is 1. The summed E-state index contributed by atoms with van der Waals surface area (Å²) in [6.45, 7) is 9.16. The van der Waals surface area contributed by atoms with Gasteiger partial charge in [0.1, 0.15) is 0 Å². The fourth-order valence-corrected chi connectivity index (χ4v) is 2.73. The molecule has 0 saturated heterocycles. The summed E-state index contributed by atoms with van der Waals surface area (Å²) in [5, 5.41) is 2.08. The predicted molar refractivity (Wildman–Crippen MR) is 76.0 cm³/mol. The van der Waals surface area contributed by atoms with Crippen molar-refractivity contribution >= 4 is 17.2 Å². The molecule has 0 aromatic carbocycles. The summed E-state index contributed by atoms with van der Waals surface area (Å²) in [5.41, 5.74) is 2.24. The number of nitrogens with one attached hydrogen (secondary N) is 1. The van der Waals surface area contributed by atoms with Crippen LogP contribution in [0.4, 0.5) is 0 Å². The van der Waals surface area contributed by atoms with Crippen LogP contribution in [0, 0.1) is 5.92 Å². The number of thiophene rings is 1. The van der Waals surface area contributed by atoms with Gasteiger partial charge >= 0.3 is 0 Å². The molecule has 1 heterocycles. The van der Waals surface area contributed by atoms with Gasteiger partial charge in [0.2, 0.25) is 5.91 Å². The Labute approximate surface area is 113 Å². The zero-order valence-electron chi connectivity index (χ0n) is 11.5. The highest BCUT2D eigenvalue weighted by Crippen LogP contribution is 2.20. The maximum absolute atomic E-state index is 11.6. The molecular formula is C13H23N3OS. The molecule has 0 saturated carbocycles. The van der Waals surface area contributed by atoms with Crippen LogP contribution in [0.2, 0.25) is 0 Å². The highest BCUT2D eigenvalue weighted by Gasteiger charge is 2.27. The molecule has 102 valence electrons. The van der Waals surface area contributed by atoms with Crippen molar-refractivity contribution in [2.75, 3.05) is 0 Å². The lowest BCUT2D eigenvalue weighted by molar-refractivity contribution is -0.126. The van der Waals surface area contributed by atoms with Gasteiger partial charge in [0.15, 0.2) is 0 Å². The normalized spacial score (nSPS) is 14.8. The van der Waals surface area contributed by atoms with Gasteiger partial charge in [-0.15, -0.1) is 11.3 Å². The lowest BCUT2D eigenvalue weighted by atomic mass is 10.00. The van der Waals surface area contributed by atoms with Crippen molar-refractivity contribution in [1.82, 2.24) is 10.3 Å². The standard InChI is InChI=1S/C13H23N3OS/c1-9(2)16(8-12-6-5-7-18-12)11(4)10(3)13(17)15-14/h5-7,9-11H,8,14H2,1-4H3,(H,15,17). The highest BCUT2D eigenvalue weighted by molar-refractivity contribution is 7.09. The van der Waals surface area contributed by atoms with Crippen molar-refractivity contribution in [3.63, 3.8) is 0 Å². The summed E-state index contributed by atoms with van der Waals surface area (Å²) in [6.07, 6.45) is 0. The van der Waals surface area contributed by atoms with Gasteiger partial charge in [-0.05, 0) is 32.2 Å². The molecule has 0 bridgehead atoms. The van der Waals surface area contributed by atoms with Crippen LogP contribution in [-0.2, 0) is 11.3 Å². The largest absolute Gasteiger partial charge is 0.294 e. The summed E-state index contributed by atoms with van der Waals surface area (Å²) in [6, 6.07) is 4.71. The fraction of sp³-hybridized carbons (Fsp3) is 0.615. The molecule has 2 unspecified atom stereocenters. The van der Waals surface area contributed by atoms with Crippen molar-refractivity contribution in [2.24, 2.45) is 11.8 Å². The number of amides is 1.